The van der Waals surface area contributed by atoms with Gasteiger partial charge in [-0.05, 0) is 30.9 Å². The van der Waals surface area contributed by atoms with Crippen LogP contribution in [0.5, 0.6) is 0 Å². The van der Waals surface area contributed by atoms with Crippen molar-refractivity contribution in [3.8, 4) is 0 Å². The fraction of sp³-hybridized carbons (Fsp3) is 0.312. The van der Waals surface area contributed by atoms with Gasteiger partial charge in [-0.15, -0.1) is 0 Å². The lowest BCUT2D eigenvalue weighted by Gasteiger charge is -2.18. The standard InChI is InChI=1S/C16H16F2N2O/c17-11-5-6-12(13(18)8-11)14(19)9-20-15-3-1-2-10(15)4-7-16(20)21/h4-8,14H,1-3,9,19H2. The van der Waals surface area contributed by atoms with Gasteiger partial charge in [0.15, 0.2) is 0 Å². The van der Waals surface area contributed by atoms with E-state index in [-0.39, 0.29) is 17.7 Å². The molecule has 1 aromatic heterocycles. The van der Waals surface area contributed by atoms with Gasteiger partial charge in [-0.2, -0.15) is 0 Å². The van der Waals surface area contributed by atoms with Crippen molar-refractivity contribution in [1.29, 1.82) is 0 Å². The molecule has 1 unspecified atom stereocenters. The lowest BCUT2D eigenvalue weighted by molar-refractivity contribution is 0.506. The van der Waals surface area contributed by atoms with Gasteiger partial charge in [-0.25, -0.2) is 8.78 Å². The molecule has 1 heterocycles. The molecule has 1 aliphatic carbocycles. The summed E-state index contributed by atoms with van der Waals surface area (Å²) in [5, 5.41) is 0. The molecule has 5 heteroatoms. The molecule has 0 bridgehead atoms. The highest BCUT2D eigenvalue weighted by Gasteiger charge is 2.19. The summed E-state index contributed by atoms with van der Waals surface area (Å²) in [6.07, 6.45) is 2.80. The molecule has 3 rings (SSSR count). The second kappa shape index (κ2) is 5.41. The minimum atomic E-state index is -0.685. The van der Waals surface area contributed by atoms with Gasteiger partial charge in [-0.1, -0.05) is 12.1 Å². The molecule has 2 N–H and O–H groups in total. The summed E-state index contributed by atoms with van der Waals surface area (Å²) < 4.78 is 28.3. The number of benzene rings is 1. The first-order valence-corrected chi connectivity index (χ1v) is 6.98. The van der Waals surface area contributed by atoms with E-state index in [1.807, 2.05) is 6.07 Å². The molecule has 1 aromatic carbocycles. The first kappa shape index (κ1) is 13.9. The van der Waals surface area contributed by atoms with Crippen molar-refractivity contribution in [3.05, 3.63) is 69.1 Å². The number of halogens is 2. The Morgan fingerprint density at radius 1 is 1.19 bits per heavy atom. The second-order valence-electron chi connectivity index (χ2n) is 5.38. The van der Waals surface area contributed by atoms with E-state index in [0.717, 1.165) is 36.6 Å². The number of aromatic nitrogens is 1. The molecule has 21 heavy (non-hydrogen) atoms. The molecule has 2 aromatic rings. The monoisotopic (exact) mass is 290 g/mol. The minimum Gasteiger partial charge on any atom is -0.322 e. The SMILES string of the molecule is NC(Cn1c2c(ccc1=O)CCC2)c1ccc(F)cc1F. The normalized spacial score (nSPS) is 15.0. The van der Waals surface area contributed by atoms with Crippen LogP contribution in [0, 0.1) is 11.6 Å². The quantitative estimate of drug-likeness (QED) is 0.943. The molecule has 1 aliphatic rings. The molecule has 3 nitrogen and oxygen atoms in total. The van der Waals surface area contributed by atoms with Gasteiger partial charge in [0.2, 0.25) is 0 Å². The Labute approximate surface area is 121 Å². The van der Waals surface area contributed by atoms with E-state index < -0.39 is 17.7 Å². The zero-order chi connectivity index (χ0) is 15.0. The van der Waals surface area contributed by atoms with Crippen LogP contribution in [0.15, 0.2) is 35.1 Å². The first-order valence-electron chi connectivity index (χ1n) is 6.98. The van der Waals surface area contributed by atoms with Crippen LogP contribution in [-0.2, 0) is 19.4 Å². The lowest BCUT2D eigenvalue weighted by Crippen LogP contribution is -2.29. The van der Waals surface area contributed by atoms with Crippen LogP contribution in [0.3, 0.4) is 0 Å². The van der Waals surface area contributed by atoms with Crippen molar-refractivity contribution in [2.75, 3.05) is 0 Å². The molecular weight excluding hydrogens is 274 g/mol. The average molecular weight is 290 g/mol. The molecule has 0 amide bonds. The number of nitrogens with two attached hydrogens (primary N) is 1. The van der Waals surface area contributed by atoms with Gasteiger partial charge < -0.3 is 10.3 Å². The summed E-state index contributed by atoms with van der Waals surface area (Å²) in [5.41, 5.74) is 8.25. The molecule has 0 radical (unpaired) electrons. The third-order valence-electron chi connectivity index (χ3n) is 3.99. The van der Waals surface area contributed by atoms with Crippen LogP contribution in [0.2, 0.25) is 0 Å². The van der Waals surface area contributed by atoms with E-state index in [9.17, 15) is 13.6 Å². The summed E-state index contributed by atoms with van der Waals surface area (Å²) in [4.78, 5) is 12.0. The van der Waals surface area contributed by atoms with Gasteiger partial charge in [0.05, 0.1) is 6.04 Å². The summed E-state index contributed by atoms with van der Waals surface area (Å²) in [7, 11) is 0. The van der Waals surface area contributed by atoms with Crippen molar-refractivity contribution in [2.24, 2.45) is 5.73 Å². The lowest BCUT2D eigenvalue weighted by atomic mass is 10.1. The Morgan fingerprint density at radius 2 is 2.00 bits per heavy atom. The zero-order valence-electron chi connectivity index (χ0n) is 11.5. The number of rotatable bonds is 3. The van der Waals surface area contributed by atoms with Gasteiger partial charge >= 0.3 is 0 Å². The van der Waals surface area contributed by atoms with Crippen molar-refractivity contribution in [2.45, 2.75) is 31.8 Å². The van der Waals surface area contributed by atoms with E-state index in [4.69, 9.17) is 5.73 Å². The predicted molar refractivity (Wildman–Crippen MR) is 76.0 cm³/mol. The highest BCUT2D eigenvalue weighted by atomic mass is 19.1. The molecule has 0 fully saturated rings. The van der Waals surface area contributed by atoms with Crippen molar-refractivity contribution >= 4 is 0 Å². The van der Waals surface area contributed by atoms with Gasteiger partial charge in [-0.3, -0.25) is 4.79 Å². The third-order valence-corrected chi connectivity index (χ3v) is 3.99. The fourth-order valence-corrected chi connectivity index (χ4v) is 2.93. The minimum absolute atomic E-state index is 0.131. The Bertz CT molecular complexity index is 740. The predicted octanol–water partition coefficient (Wildman–Crippen LogP) is 2.32. The average Bonchev–Trinajstić information content (AvgIpc) is 2.90. The second-order valence-corrected chi connectivity index (χ2v) is 5.38. The summed E-state index contributed by atoms with van der Waals surface area (Å²) in [6, 6.07) is 6.02. The van der Waals surface area contributed by atoms with Crippen LogP contribution in [0.4, 0.5) is 8.78 Å². The van der Waals surface area contributed by atoms with Crippen LogP contribution >= 0.6 is 0 Å². The number of aryl methyl sites for hydroxylation is 1. The molecule has 1 atom stereocenters. The van der Waals surface area contributed by atoms with Gasteiger partial charge in [0.1, 0.15) is 11.6 Å². The van der Waals surface area contributed by atoms with Crippen LogP contribution < -0.4 is 11.3 Å². The van der Waals surface area contributed by atoms with Crippen molar-refractivity contribution in [3.63, 3.8) is 0 Å². The summed E-state index contributed by atoms with van der Waals surface area (Å²) in [5.74, 6) is -1.32. The third kappa shape index (κ3) is 2.61. The molecule has 0 saturated heterocycles. The number of fused-ring (bicyclic) bond motifs is 1. The maximum absolute atomic E-state index is 13.8. The van der Waals surface area contributed by atoms with E-state index in [1.165, 1.54) is 18.2 Å². The molecule has 0 aliphatic heterocycles. The van der Waals surface area contributed by atoms with Crippen LogP contribution in [-0.4, -0.2) is 4.57 Å². The molecule has 0 saturated carbocycles. The topological polar surface area (TPSA) is 48.0 Å². The highest BCUT2D eigenvalue weighted by molar-refractivity contribution is 5.27. The summed E-state index contributed by atoms with van der Waals surface area (Å²) in [6.45, 7) is 0.199. The van der Waals surface area contributed by atoms with E-state index >= 15 is 0 Å². The summed E-state index contributed by atoms with van der Waals surface area (Å²) >= 11 is 0. The van der Waals surface area contributed by atoms with Crippen LogP contribution in [0.1, 0.15) is 29.3 Å². The Morgan fingerprint density at radius 3 is 2.76 bits per heavy atom. The van der Waals surface area contributed by atoms with E-state index in [1.54, 1.807) is 4.57 Å². The van der Waals surface area contributed by atoms with Gasteiger partial charge in [0, 0.05) is 29.9 Å². The Hall–Kier alpha value is -2.01. The number of hydrogen-bond donors (Lipinski definition) is 1. The Kier molecular flexibility index (Phi) is 3.59. The van der Waals surface area contributed by atoms with E-state index in [2.05, 4.69) is 0 Å². The zero-order valence-corrected chi connectivity index (χ0v) is 11.5. The Balaban J connectivity index is 1.94. The maximum Gasteiger partial charge on any atom is 0.250 e. The van der Waals surface area contributed by atoms with Crippen LogP contribution in [0.25, 0.3) is 0 Å². The van der Waals surface area contributed by atoms with E-state index in [0.29, 0.717) is 0 Å². The van der Waals surface area contributed by atoms with Crippen molar-refractivity contribution < 1.29 is 8.78 Å². The van der Waals surface area contributed by atoms with Crippen molar-refractivity contribution in [1.82, 2.24) is 4.57 Å². The largest absolute Gasteiger partial charge is 0.322 e. The smallest absolute Gasteiger partial charge is 0.250 e. The fourth-order valence-electron chi connectivity index (χ4n) is 2.93. The molecule has 110 valence electrons. The molecular formula is C16H16F2N2O. The number of pyridine rings is 1. The number of hydrogen-bond acceptors (Lipinski definition) is 2. The first-order chi connectivity index (χ1) is 10.1. The molecule has 0 spiro atoms. The van der Waals surface area contributed by atoms with Gasteiger partial charge in [0.25, 0.3) is 5.56 Å². The number of nitrogens with zero attached hydrogens (tertiary/aromatic N) is 1. The maximum atomic E-state index is 13.8. The highest BCUT2D eigenvalue weighted by Crippen LogP contribution is 2.23.